The number of nitrogens with zero attached hydrogens (tertiary/aromatic N) is 1. The van der Waals surface area contributed by atoms with Gasteiger partial charge in [0, 0.05) is 0 Å². The first kappa shape index (κ1) is 14.1. The Morgan fingerprint density at radius 3 is 2.85 bits per heavy atom. The van der Waals surface area contributed by atoms with E-state index in [9.17, 15) is 9.59 Å². The van der Waals surface area contributed by atoms with Crippen LogP contribution in [0.5, 0.6) is 0 Å². The van der Waals surface area contributed by atoms with Crippen molar-refractivity contribution in [1.82, 2.24) is 10.3 Å². The standard InChI is InChI=1S/C12H13N3O4S/c1-6-5-13-9(19-6)7(2)14-12(18)15-10-8(11(16)17)3-4-20-10/h3-5,7H,1-2H3,(H,16,17)(H2,14,15,18). The van der Waals surface area contributed by atoms with Gasteiger partial charge in [-0.15, -0.1) is 11.3 Å². The number of amides is 2. The molecule has 1 unspecified atom stereocenters. The maximum absolute atomic E-state index is 11.8. The Morgan fingerprint density at radius 1 is 1.50 bits per heavy atom. The lowest BCUT2D eigenvalue weighted by Crippen LogP contribution is -2.31. The Morgan fingerprint density at radius 2 is 2.25 bits per heavy atom. The van der Waals surface area contributed by atoms with Crippen molar-refractivity contribution >= 4 is 28.3 Å². The number of anilines is 1. The van der Waals surface area contributed by atoms with Gasteiger partial charge in [0.1, 0.15) is 16.8 Å². The molecule has 0 aliphatic rings. The van der Waals surface area contributed by atoms with Gasteiger partial charge in [-0.2, -0.15) is 0 Å². The van der Waals surface area contributed by atoms with Crippen LogP contribution in [0.15, 0.2) is 22.1 Å². The maximum Gasteiger partial charge on any atom is 0.338 e. The number of aromatic nitrogens is 1. The first-order chi connectivity index (χ1) is 9.47. The van der Waals surface area contributed by atoms with Gasteiger partial charge in [0.05, 0.1) is 11.8 Å². The Hall–Kier alpha value is -2.35. The van der Waals surface area contributed by atoms with Crippen LogP contribution in [0, 0.1) is 6.92 Å². The topological polar surface area (TPSA) is 104 Å². The summed E-state index contributed by atoms with van der Waals surface area (Å²) in [6.45, 7) is 3.48. The third-order valence-corrected chi connectivity index (χ3v) is 3.31. The predicted octanol–water partition coefficient (Wildman–Crippen LogP) is 2.63. The quantitative estimate of drug-likeness (QED) is 0.804. The zero-order valence-corrected chi connectivity index (χ0v) is 11.7. The lowest BCUT2D eigenvalue weighted by Gasteiger charge is -2.11. The summed E-state index contributed by atoms with van der Waals surface area (Å²) >= 11 is 1.14. The molecule has 3 N–H and O–H groups in total. The minimum atomic E-state index is -1.09. The van der Waals surface area contributed by atoms with Crippen molar-refractivity contribution in [3.63, 3.8) is 0 Å². The fourth-order valence-corrected chi connectivity index (χ4v) is 2.32. The van der Waals surface area contributed by atoms with E-state index in [4.69, 9.17) is 9.52 Å². The van der Waals surface area contributed by atoms with Crippen molar-refractivity contribution in [3.05, 3.63) is 34.9 Å². The van der Waals surface area contributed by atoms with E-state index in [0.29, 0.717) is 11.7 Å². The van der Waals surface area contributed by atoms with Crippen molar-refractivity contribution in [1.29, 1.82) is 0 Å². The number of nitrogens with one attached hydrogen (secondary N) is 2. The molecule has 2 aromatic heterocycles. The van der Waals surface area contributed by atoms with Crippen molar-refractivity contribution in [3.8, 4) is 0 Å². The molecule has 0 saturated carbocycles. The van der Waals surface area contributed by atoms with E-state index in [1.54, 1.807) is 25.4 Å². The number of carbonyl (C=O) groups is 2. The summed E-state index contributed by atoms with van der Waals surface area (Å²) in [6, 6.07) is 0.499. The molecule has 2 rings (SSSR count). The Kier molecular flexibility index (Phi) is 4.04. The van der Waals surface area contributed by atoms with Crippen LogP contribution in [-0.4, -0.2) is 22.1 Å². The van der Waals surface area contributed by atoms with Gasteiger partial charge < -0.3 is 14.8 Å². The number of rotatable bonds is 4. The number of carboxylic acid groups (broad SMARTS) is 1. The van der Waals surface area contributed by atoms with Crippen LogP contribution in [0.2, 0.25) is 0 Å². The number of thiophene rings is 1. The average molecular weight is 295 g/mol. The molecule has 0 spiro atoms. The van der Waals surface area contributed by atoms with Crippen LogP contribution >= 0.6 is 11.3 Å². The SMILES string of the molecule is Cc1cnc(C(C)NC(=O)Nc2sccc2C(=O)O)o1. The Labute approximate surface area is 118 Å². The molecule has 2 aromatic rings. The van der Waals surface area contributed by atoms with Crippen LogP contribution in [0.25, 0.3) is 0 Å². The van der Waals surface area contributed by atoms with Crippen LogP contribution in [-0.2, 0) is 0 Å². The van der Waals surface area contributed by atoms with Gasteiger partial charge in [-0.25, -0.2) is 14.6 Å². The molecule has 0 aliphatic heterocycles. The van der Waals surface area contributed by atoms with E-state index in [2.05, 4.69) is 15.6 Å². The molecule has 7 nitrogen and oxygen atoms in total. The van der Waals surface area contributed by atoms with E-state index < -0.39 is 18.0 Å². The molecular formula is C12H13N3O4S. The zero-order valence-electron chi connectivity index (χ0n) is 10.8. The molecule has 0 bridgehead atoms. The van der Waals surface area contributed by atoms with Gasteiger partial charge in [-0.05, 0) is 25.3 Å². The summed E-state index contributed by atoms with van der Waals surface area (Å²) in [6.07, 6.45) is 1.56. The van der Waals surface area contributed by atoms with Crippen molar-refractivity contribution in [2.24, 2.45) is 0 Å². The second-order valence-electron chi connectivity index (χ2n) is 4.10. The van der Waals surface area contributed by atoms with Crippen LogP contribution in [0.3, 0.4) is 0 Å². The second-order valence-corrected chi connectivity index (χ2v) is 5.01. The summed E-state index contributed by atoms with van der Waals surface area (Å²) in [5.74, 6) is -0.0410. The van der Waals surface area contributed by atoms with Gasteiger partial charge in [-0.3, -0.25) is 5.32 Å². The first-order valence-electron chi connectivity index (χ1n) is 5.78. The van der Waals surface area contributed by atoms with Gasteiger partial charge in [0.15, 0.2) is 0 Å². The normalized spacial score (nSPS) is 11.9. The van der Waals surface area contributed by atoms with Gasteiger partial charge in [0.25, 0.3) is 0 Å². The maximum atomic E-state index is 11.8. The molecule has 0 radical (unpaired) electrons. The van der Waals surface area contributed by atoms with E-state index in [0.717, 1.165) is 11.3 Å². The molecule has 8 heteroatoms. The third kappa shape index (κ3) is 3.15. The summed E-state index contributed by atoms with van der Waals surface area (Å²) in [7, 11) is 0. The number of hydrogen-bond donors (Lipinski definition) is 3. The van der Waals surface area contributed by atoms with Crippen LogP contribution in [0.4, 0.5) is 9.80 Å². The number of carbonyl (C=O) groups excluding carboxylic acids is 1. The number of aromatic carboxylic acids is 1. The molecule has 106 valence electrons. The second kappa shape index (κ2) is 5.74. The minimum absolute atomic E-state index is 0.0600. The highest BCUT2D eigenvalue weighted by atomic mass is 32.1. The van der Waals surface area contributed by atoms with E-state index in [-0.39, 0.29) is 10.6 Å². The summed E-state index contributed by atoms with van der Waals surface area (Å²) in [4.78, 5) is 26.7. The number of oxazole rings is 1. The highest BCUT2D eigenvalue weighted by Crippen LogP contribution is 2.23. The summed E-state index contributed by atoms with van der Waals surface area (Å²) < 4.78 is 5.30. The van der Waals surface area contributed by atoms with E-state index >= 15 is 0 Å². The molecule has 0 aromatic carbocycles. The third-order valence-electron chi connectivity index (χ3n) is 2.48. The monoisotopic (exact) mass is 295 g/mol. The fourth-order valence-electron chi connectivity index (χ4n) is 1.54. The summed E-state index contributed by atoms with van der Waals surface area (Å²) in [5.41, 5.74) is 0.0600. The van der Waals surface area contributed by atoms with Crippen LogP contribution < -0.4 is 10.6 Å². The van der Waals surface area contributed by atoms with Crippen molar-refractivity contribution in [2.45, 2.75) is 19.9 Å². The largest absolute Gasteiger partial charge is 0.478 e. The highest BCUT2D eigenvalue weighted by molar-refractivity contribution is 7.14. The Balaban J connectivity index is 1.99. The minimum Gasteiger partial charge on any atom is -0.478 e. The molecule has 0 fully saturated rings. The lowest BCUT2D eigenvalue weighted by molar-refractivity contribution is 0.0698. The Bertz CT molecular complexity index is 634. The lowest BCUT2D eigenvalue weighted by atomic mass is 10.3. The molecule has 2 heterocycles. The van der Waals surface area contributed by atoms with Crippen molar-refractivity contribution < 1.29 is 19.1 Å². The number of carboxylic acids is 1. The number of aryl methyl sites for hydroxylation is 1. The molecule has 20 heavy (non-hydrogen) atoms. The highest BCUT2D eigenvalue weighted by Gasteiger charge is 2.17. The van der Waals surface area contributed by atoms with Gasteiger partial charge in [-0.1, -0.05) is 0 Å². The predicted molar refractivity (Wildman–Crippen MR) is 73.1 cm³/mol. The number of hydrogen-bond acceptors (Lipinski definition) is 5. The molecule has 2 amide bonds. The molecule has 1 atom stereocenters. The zero-order chi connectivity index (χ0) is 14.7. The summed E-state index contributed by atoms with van der Waals surface area (Å²) in [5, 5.41) is 15.9. The fraction of sp³-hybridized carbons (Fsp3) is 0.250. The van der Waals surface area contributed by atoms with Gasteiger partial charge in [0.2, 0.25) is 5.89 Å². The van der Waals surface area contributed by atoms with E-state index in [1.165, 1.54) is 6.07 Å². The molecule has 0 saturated heterocycles. The number of urea groups is 1. The van der Waals surface area contributed by atoms with E-state index in [1.807, 2.05) is 0 Å². The molecule has 0 aliphatic carbocycles. The van der Waals surface area contributed by atoms with Crippen molar-refractivity contribution in [2.75, 3.05) is 5.32 Å². The first-order valence-corrected chi connectivity index (χ1v) is 6.66. The molecular weight excluding hydrogens is 282 g/mol. The van der Waals surface area contributed by atoms with Crippen LogP contribution in [0.1, 0.15) is 35.0 Å². The average Bonchev–Trinajstić information content (AvgIpc) is 2.97. The van der Waals surface area contributed by atoms with Gasteiger partial charge >= 0.3 is 12.0 Å². The smallest absolute Gasteiger partial charge is 0.338 e.